The Balaban J connectivity index is 1.31. The second-order valence-electron chi connectivity index (χ2n) is 9.04. The Labute approximate surface area is 218 Å². The predicted molar refractivity (Wildman–Crippen MR) is 138 cm³/mol. The molecule has 1 N–H and O–H groups in total. The van der Waals surface area contributed by atoms with E-state index in [9.17, 15) is 21.6 Å². The number of morpholine rings is 1. The summed E-state index contributed by atoms with van der Waals surface area (Å²) in [6.45, 7) is 4.48. The first-order chi connectivity index (χ1) is 17.7. The molecule has 0 aromatic heterocycles. The summed E-state index contributed by atoms with van der Waals surface area (Å²) in [5, 5.41) is 2.74. The number of hydrogen-bond donors (Lipinski definition) is 1. The summed E-state index contributed by atoms with van der Waals surface area (Å²) in [6, 6.07) is 10.8. The van der Waals surface area contributed by atoms with Crippen LogP contribution in [0.2, 0.25) is 0 Å². The average Bonchev–Trinajstić information content (AvgIpc) is 2.92. The minimum atomic E-state index is -3.65. The van der Waals surface area contributed by atoms with Crippen LogP contribution in [0.15, 0.2) is 52.3 Å². The molecule has 0 bridgehead atoms. The normalized spacial score (nSPS) is 17.9. The molecule has 2 fully saturated rings. The van der Waals surface area contributed by atoms with E-state index in [0.717, 1.165) is 19.3 Å². The molecule has 2 heterocycles. The minimum Gasteiger partial charge on any atom is -0.492 e. The van der Waals surface area contributed by atoms with E-state index in [-0.39, 0.29) is 28.5 Å². The zero-order valence-corrected chi connectivity index (χ0v) is 22.5. The number of nitrogens with one attached hydrogen (secondary N) is 1. The fraction of sp³-hybridized carbons (Fsp3) is 0.480. The third kappa shape index (κ3) is 6.50. The van der Waals surface area contributed by atoms with Crippen molar-refractivity contribution in [3.05, 3.63) is 53.6 Å². The fourth-order valence-corrected chi connectivity index (χ4v) is 7.52. The molecule has 12 heteroatoms. The van der Waals surface area contributed by atoms with Crippen molar-refractivity contribution in [2.45, 2.75) is 36.0 Å². The largest absolute Gasteiger partial charge is 0.492 e. The smallest absolute Gasteiger partial charge is 0.251 e. The van der Waals surface area contributed by atoms with Crippen molar-refractivity contribution in [1.82, 2.24) is 13.9 Å². The highest BCUT2D eigenvalue weighted by Gasteiger charge is 2.28. The maximum atomic E-state index is 13.1. The van der Waals surface area contributed by atoms with Gasteiger partial charge in [-0.25, -0.2) is 16.8 Å². The van der Waals surface area contributed by atoms with Crippen molar-refractivity contribution in [3.8, 4) is 5.75 Å². The SMILES string of the molecule is Cc1ccc(C(=O)NCCOc2ccc(S(=O)(=O)N3CCOCC3)cc2)cc1S(=O)(=O)N1CCCCC1. The first kappa shape index (κ1) is 27.5. The summed E-state index contributed by atoms with van der Waals surface area (Å²) in [4.78, 5) is 13.0. The molecule has 0 aliphatic carbocycles. The van der Waals surface area contributed by atoms with Gasteiger partial charge in [-0.2, -0.15) is 8.61 Å². The summed E-state index contributed by atoms with van der Waals surface area (Å²) in [5.41, 5.74) is 0.864. The molecule has 0 saturated carbocycles. The lowest BCUT2D eigenvalue weighted by atomic mass is 10.1. The lowest BCUT2D eigenvalue weighted by Gasteiger charge is -2.26. The third-order valence-corrected chi connectivity index (χ3v) is 10.4. The highest BCUT2D eigenvalue weighted by molar-refractivity contribution is 7.89. The number of carbonyl (C=O) groups excluding carboxylic acids is 1. The number of nitrogens with zero attached hydrogens (tertiary/aromatic N) is 2. The van der Waals surface area contributed by atoms with Gasteiger partial charge in [-0.3, -0.25) is 4.79 Å². The zero-order valence-electron chi connectivity index (χ0n) is 20.9. The number of amides is 1. The second kappa shape index (κ2) is 11.9. The van der Waals surface area contributed by atoms with Crippen LogP contribution in [-0.2, 0) is 24.8 Å². The summed E-state index contributed by atoms with van der Waals surface area (Å²) < 4.78 is 65.4. The van der Waals surface area contributed by atoms with Crippen LogP contribution >= 0.6 is 0 Å². The number of aryl methyl sites for hydroxylation is 1. The Morgan fingerprint density at radius 2 is 1.54 bits per heavy atom. The number of sulfonamides is 2. The van der Waals surface area contributed by atoms with Crippen LogP contribution in [0.4, 0.5) is 0 Å². The van der Waals surface area contributed by atoms with Crippen LogP contribution in [0.3, 0.4) is 0 Å². The molecule has 0 unspecified atom stereocenters. The van der Waals surface area contributed by atoms with E-state index in [1.165, 1.54) is 26.8 Å². The van der Waals surface area contributed by atoms with Crippen LogP contribution in [0, 0.1) is 6.92 Å². The van der Waals surface area contributed by atoms with Crippen molar-refractivity contribution < 1.29 is 31.1 Å². The summed E-state index contributed by atoms with van der Waals surface area (Å²) in [7, 11) is -7.23. The molecule has 37 heavy (non-hydrogen) atoms. The molecule has 2 saturated heterocycles. The van der Waals surface area contributed by atoms with Crippen molar-refractivity contribution in [1.29, 1.82) is 0 Å². The van der Waals surface area contributed by atoms with E-state index < -0.39 is 26.0 Å². The van der Waals surface area contributed by atoms with Gasteiger partial charge in [0.2, 0.25) is 20.0 Å². The average molecular weight is 552 g/mol. The molecule has 0 radical (unpaired) electrons. The van der Waals surface area contributed by atoms with E-state index in [4.69, 9.17) is 9.47 Å². The summed E-state index contributed by atoms with van der Waals surface area (Å²) in [5.74, 6) is 0.0751. The zero-order chi connectivity index (χ0) is 26.5. The van der Waals surface area contributed by atoms with Crippen LogP contribution in [0.25, 0.3) is 0 Å². The van der Waals surface area contributed by atoms with E-state index in [0.29, 0.717) is 50.7 Å². The third-order valence-electron chi connectivity index (χ3n) is 6.47. The lowest BCUT2D eigenvalue weighted by molar-refractivity contribution is 0.0730. The van der Waals surface area contributed by atoms with Gasteiger partial charge < -0.3 is 14.8 Å². The van der Waals surface area contributed by atoms with Gasteiger partial charge in [0.25, 0.3) is 5.91 Å². The van der Waals surface area contributed by atoms with Gasteiger partial charge in [0.05, 0.1) is 29.5 Å². The Hall–Kier alpha value is -2.51. The molecule has 0 spiro atoms. The maximum Gasteiger partial charge on any atom is 0.251 e. The molecule has 0 atom stereocenters. The van der Waals surface area contributed by atoms with Crippen LogP contribution in [-0.4, -0.2) is 83.9 Å². The Morgan fingerprint density at radius 3 is 2.22 bits per heavy atom. The molecule has 4 rings (SSSR count). The highest BCUT2D eigenvalue weighted by atomic mass is 32.2. The van der Waals surface area contributed by atoms with Crippen LogP contribution in [0.5, 0.6) is 5.75 Å². The topological polar surface area (TPSA) is 122 Å². The first-order valence-corrected chi connectivity index (χ1v) is 15.3. The van der Waals surface area contributed by atoms with E-state index in [1.54, 1.807) is 31.2 Å². The first-order valence-electron chi connectivity index (χ1n) is 12.4. The molecular formula is C25H33N3O7S2. The Morgan fingerprint density at radius 1 is 0.892 bits per heavy atom. The molecule has 2 aromatic rings. The van der Waals surface area contributed by atoms with Gasteiger partial charge in [0, 0.05) is 31.7 Å². The lowest BCUT2D eigenvalue weighted by Crippen LogP contribution is -2.40. The monoisotopic (exact) mass is 551 g/mol. The number of hydrogen-bond acceptors (Lipinski definition) is 7. The van der Waals surface area contributed by atoms with Gasteiger partial charge in [-0.15, -0.1) is 0 Å². The number of benzene rings is 2. The number of rotatable bonds is 9. The maximum absolute atomic E-state index is 13.1. The van der Waals surface area contributed by atoms with E-state index in [1.807, 2.05) is 0 Å². The van der Waals surface area contributed by atoms with E-state index in [2.05, 4.69) is 5.32 Å². The molecule has 2 aliphatic heterocycles. The van der Waals surface area contributed by atoms with Crippen molar-refractivity contribution in [2.75, 3.05) is 52.5 Å². The Bertz CT molecular complexity index is 1300. The van der Waals surface area contributed by atoms with E-state index >= 15 is 0 Å². The molecule has 2 aliphatic rings. The standard InChI is InChI=1S/C25H33N3O7S2/c1-20-5-6-21(19-24(20)37(32,33)27-12-3-2-4-13-27)25(29)26-11-16-35-22-7-9-23(10-8-22)36(30,31)28-14-17-34-18-15-28/h5-10,19H,2-4,11-18H2,1H3,(H,26,29). The fourth-order valence-electron chi connectivity index (χ4n) is 4.34. The Kier molecular flexibility index (Phi) is 8.86. The van der Waals surface area contributed by atoms with Crippen LogP contribution < -0.4 is 10.1 Å². The predicted octanol–water partition coefficient (Wildman–Crippen LogP) is 2.00. The van der Waals surface area contributed by atoms with Crippen LogP contribution in [0.1, 0.15) is 35.2 Å². The van der Waals surface area contributed by atoms with Crippen molar-refractivity contribution in [3.63, 3.8) is 0 Å². The van der Waals surface area contributed by atoms with Crippen molar-refractivity contribution >= 4 is 26.0 Å². The van der Waals surface area contributed by atoms with Gasteiger partial charge >= 0.3 is 0 Å². The molecule has 10 nitrogen and oxygen atoms in total. The van der Waals surface area contributed by atoms with Gasteiger partial charge in [0.15, 0.2) is 0 Å². The van der Waals surface area contributed by atoms with Crippen molar-refractivity contribution in [2.24, 2.45) is 0 Å². The van der Waals surface area contributed by atoms with Gasteiger partial charge in [0.1, 0.15) is 12.4 Å². The van der Waals surface area contributed by atoms with Gasteiger partial charge in [-0.1, -0.05) is 12.5 Å². The minimum absolute atomic E-state index is 0.158. The number of piperidine rings is 1. The quantitative estimate of drug-likeness (QED) is 0.473. The van der Waals surface area contributed by atoms with Gasteiger partial charge in [-0.05, 0) is 61.7 Å². The second-order valence-corrected chi connectivity index (χ2v) is 12.9. The summed E-state index contributed by atoms with van der Waals surface area (Å²) >= 11 is 0. The molecule has 2 aromatic carbocycles. The molecule has 202 valence electrons. The summed E-state index contributed by atoms with van der Waals surface area (Å²) in [6.07, 6.45) is 2.70. The number of carbonyl (C=O) groups is 1. The molecular weight excluding hydrogens is 518 g/mol. The molecule has 1 amide bonds. The highest BCUT2D eigenvalue weighted by Crippen LogP contribution is 2.24. The number of ether oxygens (including phenoxy) is 2.